The number of ether oxygens (including phenoxy) is 1. The summed E-state index contributed by atoms with van der Waals surface area (Å²) < 4.78 is 7.08. The number of nitrogens with one attached hydrogen (secondary N) is 1. The zero-order valence-corrected chi connectivity index (χ0v) is 76.0. The number of benzene rings is 12. The van der Waals surface area contributed by atoms with Gasteiger partial charge in [-0.3, -0.25) is 105 Å². The fourth-order valence-corrected chi connectivity index (χ4v) is 13.0. The van der Waals surface area contributed by atoms with Gasteiger partial charge in [-0.1, -0.05) is 182 Å². The quantitative estimate of drug-likeness (QED) is 0.00542. The van der Waals surface area contributed by atoms with E-state index in [1.165, 1.54) is 24.3 Å². The molecule has 45 nitrogen and oxygen atoms in total. The summed E-state index contributed by atoms with van der Waals surface area (Å²) in [6, 6.07) is 69.5. The number of carboxylic acid groups (broad SMARTS) is 1. The van der Waals surface area contributed by atoms with E-state index in [0.717, 1.165) is 63.6 Å². The van der Waals surface area contributed by atoms with Crippen LogP contribution in [-0.2, 0) is 38.5 Å². The maximum atomic E-state index is 11.3. The Morgan fingerprint density at radius 1 is 0.430 bits per heavy atom. The number of nitro groups is 9. The molecule has 0 aliphatic carbocycles. The van der Waals surface area contributed by atoms with Crippen molar-refractivity contribution in [1.82, 2.24) is 9.55 Å². The Balaban J connectivity index is 0.000000404. The Bertz CT molecular complexity index is 6070. The molecule has 0 aliphatic rings. The van der Waals surface area contributed by atoms with Crippen LogP contribution in [0.4, 0.5) is 73.9 Å². The number of aliphatic hydroxyl groups is 3. The van der Waals surface area contributed by atoms with E-state index in [-0.39, 0.29) is 140 Å². The van der Waals surface area contributed by atoms with Crippen molar-refractivity contribution in [1.29, 1.82) is 0 Å². The maximum Gasteiger partial charge on any atom is 1.00 e. The molecule has 16 N–H and O–H groups in total. The van der Waals surface area contributed by atoms with Gasteiger partial charge in [0.15, 0.2) is 0 Å². The first-order chi connectivity index (χ1) is 63.6. The monoisotopic (exact) mass is 1990 g/mol. The molecular weight excluding hydrogens is 1910 g/mol. The van der Waals surface area contributed by atoms with E-state index in [1.807, 2.05) is 83.4 Å². The number of halogens is 2. The van der Waals surface area contributed by atoms with Gasteiger partial charge in [0, 0.05) is 89.3 Å². The number of anilines is 4. The van der Waals surface area contributed by atoms with E-state index in [4.69, 9.17) is 62.9 Å². The Hall–Kier alpha value is -15.7. The number of nitro benzene ring substituents is 9. The number of nitrogens with zero attached hydrogens (tertiary/aromatic N) is 11. The van der Waals surface area contributed by atoms with Gasteiger partial charge in [-0.15, -0.1) is 0 Å². The molecule has 0 spiro atoms. The molecule has 0 radical (unpaired) electrons. The number of nitrogen functional groups attached to an aromatic ring is 3. The minimum absolute atomic E-state index is 0. The van der Waals surface area contributed by atoms with Gasteiger partial charge in [0.05, 0.1) is 104 Å². The normalized spacial score (nSPS) is 9.81. The predicted molar refractivity (Wildman–Crippen MR) is 503 cm³/mol. The summed E-state index contributed by atoms with van der Waals surface area (Å²) in [6.45, 7) is 1.33. The Kier molecular flexibility index (Phi) is 49.4. The second kappa shape index (κ2) is 58.8. The number of nitrogens with two attached hydrogens (primary N) is 4. The van der Waals surface area contributed by atoms with Crippen LogP contribution < -0.4 is 63.3 Å². The van der Waals surface area contributed by atoms with Crippen molar-refractivity contribution >= 4 is 149 Å². The minimum atomic E-state index is -1.34. The second-order valence-corrected chi connectivity index (χ2v) is 28.1. The van der Waals surface area contributed by atoms with Crippen molar-refractivity contribution in [3.63, 3.8) is 0 Å². The molecule has 0 unspecified atom stereocenters. The number of aliphatic hydroxyl groups excluding tert-OH is 3. The summed E-state index contributed by atoms with van der Waals surface area (Å²) >= 11 is 6.04. The van der Waals surface area contributed by atoms with Crippen LogP contribution in [0, 0.1) is 91.0 Å². The molecule has 0 saturated carbocycles. The predicted octanol–water partition coefficient (Wildman–Crippen LogP) is 11.7. The van der Waals surface area contributed by atoms with Crippen LogP contribution in [0.2, 0.25) is 0 Å². The van der Waals surface area contributed by atoms with Gasteiger partial charge in [0.25, 0.3) is 64.1 Å². The third-order valence-electron chi connectivity index (χ3n) is 17.8. The largest absolute Gasteiger partial charge is 1.00 e. The maximum absolute atomic E-state index is 11.3. The number of carbonyl (C=O) groups is 3. The van der Waals surface area contributed by atoms with Gasteiger partial charge in [-0.2, -0.15) is 0 Å². The van der Waals surface area contributed by atoms with Crippen molar-refractivity contribution < 1.29 is 129 Å². The molecule has 0 aliphatic heterocycles. The van der Waals surface area contributed by atoms with Gasteiger partial charge in [0.2, 0.25) is 6.41 Å². The van der Waals surface area contributed by atoms with Gasteiger partial charge < -0.3 is 73.5 Å². The molecule has 0 saturated heterocycles. The molecule has 0 fully saturated rings. The first kappa shape index (κ1) is 113. The fourth-order valence-electron chi connectivity index (χ4n) is 12.0. The van der Waals surface area contributed by atoms with E-state index in [9.17, 15) is 101 Å². The van der Waals surface area contributed by atoms with Crippen LogP contribution in [0.3, 0.4) is 0 Å². The summed E-state index contributed by atoms with van der Waals surface area (Å²) in [6.07, 6.45) is 3.89. The minimum Gasteiger partial charge on any atom is -0.870 e. The van der Waals surface area contributed by atoms with Crippen LogP contribution in [0.15, 0.2) is 270 Å². The Morgan fingerprint density at radius 3 is 1.14 bits per heavy atom. The number of rotatable bonds is 28. The summed E-state index contributed by atoms with van der Waals surface area (Å²) in [5, 5.41) is 150. The van der Waals surface area contributed by atoms with Crippen LogP contribution in [0.5, 0.6) is 0 Å². The van der Waals surface area contributed by atoms with Gasteiger partial charge in [-0.25, -0.2) is 4.98 Å². The number of amides is 1. The van der Waals surface area contributed by atoms with E-state index in [2.05, 4.69) is 42.2 Å². The van der Waals surface area contributed by atoms with E-state index < -0.39 is 62.8 Å². The van der Waals surface area contributed by atoms with E-state index in [1.54, 1.807) is 128 Å². The average molecular weight is 2000 g/mol. The van der Waals surface area contributed by atoms with Gasteiger partial charge in [0.1, 0.15) is 22.5 Å². The molecule has 135 heavy (non-hydrogen) atoms. The third kappa shape index (κ3) is 34.8. The standard InChI is InChI=1S/C17H15N3O3.C15H14N2O5.C15H16N2O3.C12H7BrN2O4.C12H9N3O4.C6H7BO2.C6H4BrN3O4.C2H7NO.CH2O2.Na.H2O/c21-11-19-14-8-15(13-4-2-1-3-5-13)17-16(9-14)18-10-20(17)6-7-23-12-22;18-8-4-7-13-14(11-5-2-1-3-6-11)9-12(16(19)20)10-15(13)17(21)22;16-12-9-14(11-5-2-1-3-6-11)13(7-4-8-18)15(10-12)17(19)20;2*13-12-10(8-4-2-1-3-5-8)6-9(14(16)17)7-11(12)15(18)19;8-7(9)6-4-2-1-3-5-6;7-4-1-3(9(11)12)2-5(6(4)8)10(13)14;3-1-2-4;2-1-3;;/h1-5,8-12H,6-7H2,(H,19,21);1-3,5-6,9-10,18H,4,7-8H2;1-3,5-6,9-10,18H,4,7-8,16H2;1-7H;1-7H,13H2;1-5,8-9H;1-2H,8H2;4H,1-3H2;1H,(H,2,3);;1H2/q;;;;;;;;;+1;/p-1. The van der Waals surface area contributed by atoms with Crippen molar-refractivity contribution in [3.05, 3.63) is 372 Å². The molecule has 13 rings (SSSR count). The zero-order valence-electron chi connectivity index (χ0n) is 70.8. The smallest absolute Gasteiger partial charge is 0.870 e. The average Bonchev–Trinajstić information content (AvgIpc) is 1.62. The first-order valence-electron chi connectivity index (χ1n) is 38.4. The third-order valence-corrected chi connectivity index (χ3v) is 19.3. The molecule has 0 atom stereocenters. The summed E-state index contributed by atoms with van der Waals surface area (Å²) in [5.74, 6) is 0. The molecule has 1 heterocycles. The molecule has 13 aromatic rings. The number of non-ortho nitro benzene ring substituents is 4. The fraction of sp³-hybridized carbons (Fsp3) is 0.116. The number of hydrogen-bond donors (Lipinski definition) is 11. The second-order valence-electron chi connectivity index (χ2n) is 26.4. The molecule has 49 heteroatoms. The Morgan fingerprint density at radius 2 is 0.770 bits per heavy atom. The van der Waals surface area contributed by atoms with Crippen LogP contribution >= 0.6 is 31.9 Å². The topological polar surface area (TPSA) is 734 Å². The summed E-state index contributed by atoms with van der Waals surface area (Å²) in [4.78, 5) is 126. The summed E-state index contributed by atoms with van der Waals surface area (Å²) in [5.41, 5.74) is 29.5. The first-order valence-corrected chi connectivity index (χ1v) is 39.9. The molecule has 698 valence electrons. The number of fused-ring (bicyclic) bond motifs is 1. The number of hydrogen-bond acceptors (Lipinski definition) is 33. The zero-order chi connectivity index (χ0) is 98.4. The van der Waals surface area contributed by atoms with Crippen LogP contribution in [0.1, 0.15) is 24.0 Å². The molecule has 1 aromatic heterocycles. The van der Waals surface area contributed by atoms with Crippen LogP contribution in [-0.4, -0.2) is 149 Å². The van der Waals surface area contributed by atoms with E-state index in [0.29, 0.717) is 101 Å². The van der Waals surface area contributed by atoms with Crippen molar-refractivity contribution in [2.45, 2.75) is 32.2 Å². The molecule has 1 amide bonds. The van der Waals surface area contributed by atoms with Crippen molar-refractivity contribution in [2.24, 2.45) is 5.73 Å². The molecule has 0 bridgehead atoms. The van der Waals surface area contributed by atoms with Crippen molar-refractivity contribution in [3.8, 4) is 55.6 Å². The van der Waals surface area contributed by atoms with E-state index >= 15 is 0 Å². The van der Waals surface area contributed by atoms with Gasteiger partial charge >= 0.3 is 36.7 Å². The number of imidazole rings is 1. The molecular formula is C86H82BBr2N16NaO29. The molecule has 12 aromatic carbocycles. The van der Waals surface area contributed by atoms with Crippen molar-refractivity contribution in [2.75, 3.05) is 55.5 Å². The van der Waals surface area contributed by atoms with Crippen LogP contribution in [0.25, 0.3) is 66.7 Å². The Labute approximate surface area is 803 Å². The number of aromatic nitrogens is 2. The number of carbonyl (C=O) groups excluding carboxylic acids is 2. The summed E-state index contributed by atoms with van der Waals surface area (Å²) in [7, 11) is -1.34. The van der Waals surface area contributed by atoms with Gasteiger partial charge in [-0.05, 0) is 120 Å². The SMILES string of the molecule is NCCO.Nc1c(-c2ccccc2)cc([N+](=O)[O-])cc1[N+](=O)[O-].Nc1c(Br)cc([N+](=O)[O-])cc1[N+](=O)[O-].Nc1cc(-c2ccccc2)c(CCCO)c([N+](=O)[O-])c1.O=CNc1cc(-c2ccccc2)c2c(c1)ncn2CCOC=O.O=CO.O=[N+]([O-])c1cc(-c2ccccc2)c(Br)c([N+](=O)[O-])c1.O=[N+]([O-])c1cc(-c2ccccc2)c(CCCO)c([N+](=O)[O-])c1.OB(O)c1ccccc1.[Na+].[OH-].